The maximum absolute atomic E-state index is 13.8. The topological polar surface area (TPSA) is 49.5 Å². The lowest BCUT2D eigenvalue weighted by atomic mass is 9.90. The molecule has 3 N–H and O–H groups in total. The van der Waals surface area contributed by atoms with Gasteiger partial charge in [0.05, 0.1) is 12.1 Å². The Kier molecular flexibility index (Phi) is 4.66. The number of anilines is 1. The minimum atomic E-state index is -0.319. The van der Waals surface area contributed by atoms with E-state index < -0.39 is 0 Å². The molecule has 3 nitrogen and oxygen atoms in total. The summed E-state index contributed by atoms with van der Waals surface area (Å²) in [7, 11) is 1.97. The van der Waals surface area contributed by atoms with E-state index in [1.165, 1.54) is 6.07 Å². The first-order valence-electron chi connectivity index (χ1n) is 7.38. The molecule has 0 aliphatic heterocycles. The standard InChI is InChI=1S/C16H25FN2O/c1-10-8-15(12(11(2)18)9-13(10)17)19(3)14-6-4-5-7-16(14)20/h8-9,11,14,16,20H,4-7,18H2,1-3H3. The quantitative estimate of drug-likeness (QED) is 0.895. The number of hydrogen-bond donors (Lipinski definition) is 2. The second kappa shape index (κ2) is 6.10. The number of nitrogens with zero attached hydrogens (tertiary/aromatic N) is 1. The summed E-state index contributed by atoms with van der Waals surface area (Å²) in [6.45, 7) is 3.62. The van der Waals surface area contributed by atoms with Gasteiger partial charge in [0.25, 0.3) is 0 Å². The summed E-state index contributed by atoms with van der Waals surface area (Å²) in [6.07, 6.45) is 3.68. The van der Waals surface area contributed by atoms with Crippen LogP contribution >= 0.6 is 0 Å². The van der Waals surface area contributed by atoms with Crippen molar-refractivity contribution in [3.8, 4) is 0 Å². The zero-order chi connectivity index (χ0) is 14.9. The van der Waals surface area contributed by atoms with Crippen LogP contribution in [0.5, 0.6) is 0 Å². The van der Waals surface area contributed by atoms with Crippen LogP contribution in [0.4, 0.5) is 10.1 Å². The van der Waals surface area contributed by atoms with Crippen LogP contribution in [0.2, 0.25) is 0 Å². The molecule has 2 rings (SSSR count). The van der Waals surface area contributed by atoms with E-state index in [1.54, 1.807) is 6.92 Å². The summed E-state index contributed by atoms with van der Waals surface area (Å²) >= 11 is 0. The molecule has 1 aromatic rings. The van der Waals surface area contributed by atoms with Crippen molar-refractivity contribution in [3.05, 3.63) is 29.1 Å². The zero-order valence-corrected chi connectivity index (χ0v) is 12.6. The van der Waals surface area contributed by atoms with Gasteiger partial charge in [-0.3, -0.25) is 0 Å². The van der Waals surface area contributed by atoms with Gasteiger partial charge in [0.1, 0.15) is 5.82 Å². The first-order chi connectivity index (χ1) is 9.41. The Labute approximate surface area is 120 Å². The van der Waals surface area contributed by atoms with Crippen LogP contribution in [0.25, 0.3) is 0 Å². The number of aliphatic hydroxyl groups is 1. The Balaban J connectivity index is 2.37. The third-order valence-electron chi connectivity index (χ3n) is 4.37. The molecule has 0 radical (unpaired) electrons. The highest BCUT2D eigenvalue weighted by Crippen LogP contribution is 2.32. The van der Waals surface area contributed by atoms with E-state index in [1.807, 2.05) is 20.0 Å². The van der Waals surface area contributed by atoms with E-state index in [2.05, 4.69) is 4.90 Å². The van der Waals surface area contributed by atoms with Gasteiger partial charge in [0, 0.05) is 18.8 Å². The summed E-state index contributed by atoms with van der Waals surface area (Å²) in [5, 5.41) is 10.2. The smallest absolute Gasteiger partial charge is 0.126 e. The molecular formula is C16H25FN2O. The Morgan fingerprint density at radius 2 is 2.00 bits per heavy atom. The Morgan fingerprint density at radius 1 is 1.35 bits per heavy atom. The fourth-order valence-electron chi connectivity index (χ4n) is 3.07. The number of rotatable bonds is 3. The van der Waals surface area contributed by atoms with E-state index in [-0.39, 0.29) is 24.0 Å². The van der Waals surface area contributed by atoms with Gasteiger partial charge >= 0.3 is 0 Å². The summed E-state index contributed by atoms with van der Waals surface area (Å²) < 4.78 is 13.8. The number of benzene rings is 1. The van der Waals surface area contributed by atoms with Gasteiger partial charge in [-0.1, -0.05) is 12.8 Å². The predicted octanol–water partition coefficient (Wildman–Crippen LogP) is 2.89. The van der Waals surface area contributed by atoms with Gasteiger partial charge in [-0.05, 0) is 49.9 Å². The normalized spacial score (nSPS) is 24.5. The number of likely N-dealkylation sites (N-methyl/N-ethyl adjacent to an activating group) is 1. The second-order valence-electron chi connectivity index (χ2n) is 5.98. The molecule has 3 unspecified atom stereocenters. The van der Waals surface area contributed by atoms with Crippen LogP contribution in [0.15, 0.2) is 12.1 Å². The average molecular weight is 280 g/mol. The molecule has 0 spiro atoms. The Morgan fingerprint density at radius 3 is 2.60 bits per heavy atom. The van der Waals surface area contributed by atoms with Gasteiger partial charge in [-0.25, -0.2) is 4.39 Å². The first-order valence-corrected chi connectivity index (χ1v) is 7.38. The monoisotopic (exact) mass is 280 g/mol. The SMILES string of the molecule is Cc1cc(N(C)C2CCCCC2O)c(C(C)N)cc1F. The lowest BCUT2D eigenvalue weighted by Crippen LogP contribution is -2.44. The van der Waals surface area contributed by atoms with Crippen LogP contribution in [0.1, 0.15) is 49.8 Å². The number of halogens is 1. The van der Waals surface area contributed by atoms with Crippen molar-refractivity contribution in [2.75, 3.05) is 11.9 Å². The average Bonchev–Trinajstić information content (AvgIpc) is 2.41. The summed E-state index contributed by atoms with van der Waals surface area (Å²) in [4.78, 5) is 2.08. The van der Waals surface area contributed by atoms with Crippen molar-refractivity contribution >= 4 is 5.69 Å². The van der Waals surface area contributed by atoms with Gasteiger partial charge in [0.15, 0.2) is 0 Å². The molecule has 1 fully saturated rings. The molecular weight excluding hydrogens is 255 g/mol. The molecule has 0 bridgehead atoms. The highest BCUT2D eigenvalue weighted by atomic mass is 19.1. The lowest BCUT2D eigenvalue weighted by Gasteiger charge is -2.38. The van der Waals surface area contributed by atoms with Crippen LogP contribution < -0.4 is 10.6 Å². The molecule has 1 aliphatic rings. The molecule has 20 heavy (non-hydrogen) atoms. The summed E-state index contributed by atoms with van der Waals surface area (Å²) in [5.74, 6) is -0.223. The van der Waals surface area contributed by atoms with Crippen LogP contribution in [0.3, 0.4) is 0 Å². The molecule has 0 saturated heterocycles. The van der Waals surface area contributed by atoms with Gasteiger partial charge in [-0.15, -0.1) is 0 Å². The molecule has 3 atom stereocenters. The van der Waals surface area contributed by atoms with Crippen molar-refractivity contribution in [1.29, 1.82) is 0 Å². The molecule has 0 amide bonds. The number of aryl methyl sites for hydroxylation is 1. The molecule has 1 aromatic carbocycles. The molecule has 4 heteroatoms. The Bertz CT molecular complexity index is 476. The highest BCUT2D eigenvalue weighted by Gasteiger charge is 2.28. The lowest BCUT2D eigenvalue weighted by molar-refractivity contribution is 0.106. The van der Waals surface area contributed by atoms with Gasteiger partial charge < -0.3 is 15.7 Å². The largest absolute Gasteiger partial charge is 0.391 e. The fraction of sp³-hybridized carbons (Fsp3) is 0.625. The Hall–Kier alpha value is -1.13. The van der Waals surface area contributed by atoms with Crippen molar-refractivity contribution in [3.63, 3.8) is 0 Å². The van der Waals surface area contributed by atoms with Crippen LogP contribution in [-0.4, -0.2) is 24.3 Å². The molecule has 1 saturated carbocycles. The zero-order valence-electron chi connectivity index (χ0n) is 12.6. The van der Waals surface area contributed by atoms with Crippen LogP contribution in [-0.2, 0) is 0 Å². The fourth-order valence-corrected chi connectivity index (χ4v) is 3.07. The minimum Gasteiger partial charge on any atom is -0.391 e. The molecule has 112 valence electrons. The highest BCUT2D eigenvalue weighted by molar-refractivity contribution is 5.57. The van der Waals surface area contributed by atoms with E-state index >= 15 is 0 Å². The summed E-state index contributed by atoms with van der Waals surface area (Å²) in [6, 6.07) is 3.23. The molecule has 0 aromatic heterocycles. The van der Waals surface area contributed by atoms with Crippen molar-refractivity contribution in [2.24, 2.45) is 5.73 Å². The first kappa shape index (κ1) is 15.3. The van der Waals surface area contributed by atoms with E-state index in [0.717, 1.165) is 36.9 Å². The number of aliphatic hydroxyl groups excluding tert-OH is 1. The molecule has 0 heterocycles. The number of hydrogen-bond acceptors (Lipinski definition) is 3. The van der Waals surface area contributed by atoms with Crippen molar-refractivity contribution < 1.29 is 9.50 Å². The van der Waals surface area contributed by atoms with Crippen molar-refractivity contribution in [2.45, 2.75) is 57.7 Å². The van der Waals surface area contributed by atoms with Gasteiger partial charge in [0.2, 0.25) is 0 Å². The van der Waals surface area contributed by atoms with E-state index in [4.69, 9.17) is 5.73 Å². The van der Waals surface area contributed by atoms with Gasteiger partial charge in [-0.2, -0.15) is 0 Å². The maximum atomic E-state index is 13.8. The molecule has 1 aliphatic carbocycles. The third kappa shape index (κ3) is 2.96. The van der Waals surface area contributed by atoms with E-state index in [9.17, 15) is 9.50 Å². The van der Waals surface area contributed by atoms with Crippen molar-refractivity contribution in [1.82, 2.24) is 0 Å². The second-order valence-corrected chi connectivity index (χ2v) is 5.98. The maximum Gasteiger partial charge on any atom is 0.126 e. The van der Waals surface area contributed by atoms with Crippen LogP contribution in [0, 0.1) is 12.7 Å². The van der Waals surface area contributed by atoms with E-state index in [0.29, 0.717) is 5.56 Å². The third-order valence-corrected chi connectivity index (χ3v) is 4.37. The summed E-state index contributed by atoms with van der Waals surface area (Å²) in [5.41, 5.74) is 8.33. The predicted molar refractivity (Wildman–Crippen MR) is 80.4 cm³/mol. The number of nitrogens with two attached hydrogens (primary N) is 1. The minimum absolute atomic E-state index is 0.0890.